The van der Waals surface area contributed by atoms with Gasteiger partial charge in [0, 0.05) is 5.39 Å². The Morgan fingerprint density at radius 2 is 1.66 bits per heavy atom. The molecule has 1 fully saturated rings. The Morgan fingerprint density at radius 1 is 0.921 bits per heavy atom. The van der Waals surface area contributed by atoms with Crippen LogP contribution in [0.2, 0.25) is 0 Å². The normalized spacial score (nSPS) is 14.9. The van der Waals surface area contributed by atoms with Gasteiger partial charge in [-0.15, -0.1) is 0 Å². The molecule has 10 heteroatoms. The highest BCUT2D eigenvalue weighted by molar-refractivity contribution is 8.18. The predicted molar refractivity (Wildman–Crippen MR) is 143 cm³/mol. The molecule has 1 aliphatic rings. The second-order valence-corrected chi connectivity index (χ2v) is 10.8. The lowest BCUT2D eigenvalue weighted by Crippen LogP contribution is -2.27. The minimum atomic E-state index is -4.19. The SMILES string of the molecule is COc1cc(/C=C2\SC(=O)N(Cc3ccc(F)cc3)C2=O)ccc1OS(=O)(=O)c1cccc2ccccc12. The van der Waals surface area contributed by atoms with E-state index in [9.17, 15) is 22.4 Å². The number of hydrogen-bond donors (Lipinski definition) is 0. The molecule has 1 aliphatic heterocycles. The van der Waals surface area contributed by atoms with Gasteiger partial charge in [0.1, 0.15) is 10.7 Å². The average Bonchev–Trinajstić information content (AvgIpc) is 3.17. The molecule has 0 spiro atoms. The van der Waals surface area contributed by atoms with Crippen molar-refractivity contribution >= 4 is 49.9 Å². The molecule has 4 aromatic rings. The minimum Gasteiger partial charge on any atom is -0.493 e. The minimum absolute atomic E-state index is 0.0183. The number of imide groups is 1. The van der Waals surface area contributed by atoms with Crippen LogP contribution in [0.1, 0.15) is 11.1 Å². The molecule has 0 bridgehead atoms. The quantitative estimate of drug-likeness (QED) is 0.207. The number of hydrogen-bond acceptors (Lipinski definition) is 7. The van der Waals surface area contributed by atoms with Crippen LogP contribution in [0.5, 0.6) is 11.5 Å². The summed E-state index contributed by atoms with van der Waals surface area (Å²) in [6, 6.07) is 22.1. The van der Waals surface area contributed by atoms with E-state index >= 15 is 0 Å². The number of thioether (sulfide) groups is 1. The number of benzene rings is 4. The van der Waals surface area contributed by atoms with Crippen LogP contribution in [0.4, 0.5) is 9.18 Å². The highest BCUT2D eigenvalue weighted by Gasteiger charge is 2.35. The van der Waals surface area contributed by atoms with Gasteiger partial charge in [-0.05, 0) is 64.7 Å². The number of carbonyl (C=O) groups is 2. The van der Waals surface area contributed by atoms with E-state index in [4.69, 9.17) is 8.92 Å². The van der Waals surface area contributed by atoms with Crippen LogP contribution >= 0.6 is 11.8 Å². The highest BCUT2D eigenvalue weighted by atomic mass is 32.2. The summed E-state index contributed by atoms with van der Waals surface area (Å²) in [6.07, 6.45) is 1.51. The number of halogens is 1. The van der Waals surface area contributed by atoms with Crippen LogP contribution in [0, 0.1) is 5.82 Å². The summed E-state index contributed by atoms with van der Waals surface area (Å²) in [5, 5.41) is 0.841. The van der Waals surface area contributed by atoms with Gasteiger partial charge in [0.25, 0.3) is 11.1 Å². The molecule has 38 heavy (non-hydrogen) atoms. The van der Waals surface area contributed by atoms with Crippen LogP contribution in [0.25, 0.3) is 16.8 Å². The van der Waals surface area contributed by atoms with E-state index in [0.29, 0.717) is 16.5 Å². The molecule has 1 heterocycles. The third-order valence-corrected chi connectivity index (χ3v) is 8.03. The number of ether oxygens (including phenoxy) is 1. The van der Waals surface area contributed by atoms with Gasteiger partial charge in [0.15, 0.2) is 11.5 Å². The Labute approximate surface area is 222 Å². The van der Waals surface area contributed by atoms with Crippen molar-refractivity contribution in [1.29, 1.82) is 0 Å². The molecule has 2 amide bonds. The van der Waals surface area contributed by atoms with Crippen molar-refractivity contribution < 1.29 is 31.3 Å². The number of fused-ring (bicyclic) bond motifs is 1. The molecule has 192 valence electrons. The first-order valence-electron chi connectivity index (χ1n) is 11.4. The number of rotatable bonds is 7. The molecule has 0 aliphatic carbocycles. The molecule has 5 rings (SSSR count). The fourth-order valence-electron chi connectivity index (χ4n) is 3.98. The highest BCUT2D eigenvalue weighted by Crippen LogP contribution is 2.36. The molecule has 0 N–H and O–H groups in total. The van der Waals surface area contributed by atoms with E-state index in [1.165, 1.54) is 55.7 Å². The fourth-order valence-corrected chi connectivity index (χ4v) is 5.98. The van der Waals surface area contributed by atoms with E-state index in [1.807, 2.05) is 18.2 Å². The Kier molecular flexibility index (Phi) is 6.92. The molecule has 0 atom stereocenters. The topological polar surface area (TPSA) is 90.0 Å². The lowest BCUT2D eigenvalue weighted by atomic mass is 10.1. The summed E-state index contributed by atoms with van der Waals surface area (Å²) in [7, 11) is -2.82. The van der Waals surface area contributed by atoms with E-state index in [0.717, 1.165) is 22.0 Å². The van der Waals surface area contributed by atoms with Gasteiger partial charge < -0.3 is 8.92 Å². The maximum atomic E-state index is 13.2. The van der Waals surface area contributed by atoms with E-state index in [-0.39, 0.29) is 27.8 Å². The van der Waals surface area contributed by atoms with Gasteiger partial charge >= 0.3 is 10.1 Å². The Balaban J connectivity index is 1.38. The summed E-state index contributed by atoms with van der Waals surface area (Å²) in [5.74, 6) is -0.786. The third-order valence-electron chi connectivity index (χ3n) is 5.83. The van der Waals surface area contributed by atoms with Gasteiger partial charge in [-0.3, -0.25) is 14.5 Å². The number of nitrogens with zero attached hydrogens (tertiary/aromatic N) is 1. The van der Waals surface area contributed by atoms with Crippen LogP contribution in [0.3, 0.4) is 0 Å². The van der Waals surface area contributed by atoms with Crippen molar-refractivity contribution in [2.24, 2.45) is 0 Å². The van der Waals surface area contributed by atoms with Crippen LogP contribution in [-0.2, 0) is 21.5 Å². The van der Waals surface area contributed by atoms with Crippen LogP contribution in [-0.4, -0.2) is 31.6 Å². The van der Waals surface area contributed by atoms with Gasteiger partial charge in [-0.25, -0.2) is 4.39 Å². The summed E-state index contributed by atoms with van der Waals surface area (Å²) in [6.45, 7) is 0.0183. The second kappa shape index (κ2) is 10.3. The molecular formula is C28H20FNO6S2. The molecule has 0 unspecified atom stereocenters. The van der Waals surface area contributed by atoms with Crippen molar-refractivity contribution in [2.75, 3.05) is 7.11 Å². The smallest absolute Gasteiger partial charge is 0.339 e. The molecule has 0 saturated carbocycles. The van der Waals surface area contributed by atoms with E-state index in [1.54, 1.807) is 24.3 Å². The molecule has 7 nitrogen and oxygen atoms in total. The first-order chi connectivity index (χ1) is 18.2. The van der Waals surface area contributed by atoms with Crippen LogP contribution in [0.15, 0.2) is 94.7 Å². The van der Waals surface area contributed by atoms with Crippen molar-refractivity contribution in [1.82, 2.24) is 4.90 Å². The van der Waals surface area contributed by atoms with Crippen molar-refractivity contribution in [2.45, 2.75) is 11.4 Å². The van der Waals surface area contributed by atoms with Crippen LogP contribution < -0.4 is 8.92 Å². The van der Waals surface area contributed by atoms with Gasteiger partial charge in [0.2, 0.25) is 0 Å². The Bertz CT molecular complexity index is 1700. The first kappa shape index (κ1) is 25.5. The van der Waals surface area contributed by atoms with Gasteiger partial charge in [-0.1, -0.05) is 54.6 Å². The lowest BCUT2D eigenvalue weighted by Gasteiger charge is -2.13. The van der Waals surface area contributed by atoms with E-state index in [2.05, 4.69) is 0 Å². The molecule has 1 saturated heterocycles. The largest absolute Gasteiger partial charge is 0.493 e. The summed E-state index contributed by atoms with van der Waals surface area (Å²) in [5.41, 5.74) is 1.12. The molecule has 4 aromatic carbocycles. The molecular weight excluding hydrogens is 529 g/mol. The summed E-state index contributed by atoms with van der Waals surface area (Å²) < 4.78 is 50.2. The van der Waals surface area contributed by atoms with Crippen molar-refractivity contribution in [3.63, 3.8) is 0 Å². The number of carbonyl (C=O) groups excluding carboxylic acids is 2. The van der Waals surface area contributed by atoms with Gasteiger partial charge in [-0.2, -0.15) is 8.42 Å². The van der Waals surface area contributed by atoms with Crippen molar-refractivity contribution in [3.05, 3.63) is 107 Å². The lowest BCUT2D eigenvalue weighted by molar-refractivity contribution is -0.123. The summed E-state index contributed by atoms with van der Waals surface area (Å²) in [4.78, 5) is 26.6. The van der Waals surface area contributed by atoms with Gasteiger partial charge in [0.05, 0.1) is 18.6 Å². The Morgan fingerprint density at radius 3 is 2.42 bits per heavy atom. The monoisotopic (exact) mass is 549 g/mol. The zero-order valence-corrected chi connectivity index (χ0v) is 21.6. The number of amides is 2. The van der Waals surface area contributed by atoms with Crippen molar-refractivity contribution in [3.8, 4) is 11.5 Å². The fraction of sp³-hybridized carbons (Fsp3) is 0.0714. The predicted octanol–water partition coefficient (Wildman–Crippen LogP) is 5.99. The average molecular weight is 550 g/mol. The summed E-state index contributed by atoms with van der Waals surface area (Å²) >= 11 is 0.782. The second-order valence-electron chi connectivity index (χ2n) is 8.32. The zero-order valence-electron chi connectivity index (χ0n) is 20.0. The molecule has 0 radical (unpaired) electrons. The third kappa shape index (κ3) is 5.13. The maximum absolute atomic E-state index is 13.2. The van der Waals surface area contributed by atoms with E-state index < -0.39 is 27.1 Å². The first-order valence-corrected chi connectivity index (χ1v) is 13.6. The standard InChI is InChI=1S/C28H20FNO6S2/c1-35-24-15-19(16-25-27(31)30(28(32)37-25)17-18-9-12-21(29)13-10-18)11-14-23(24)36-38(33,34)26-8-4-6-20-5-2-3-7-22(20)26/h2-16H,17H2,1H3/b25-16-. The molecule has 0 aromatic heterocycles. The zero-order chi connectivity index (χ0) is 26.9. The number of methoxy groups -OCH3 is 1. The Hall–Kier alpha value is -4.15. The maximum Gasteiger partial charge on any atom is 0.339 e.